The Morgan fingerprint density at radius 3 is 2.79 bits per heavy atom. The lowest BCUT2D eigenvalue weighted by molar-refractivity contribution is 0.0302. The second kappa shape index (κ2) is 10.5. The lowest BCUT2D eigenvalue weighted by Gasteiger charge is -2.27. The van der Waals surface area contributed by atoms with Crippen LogP contribution in [0.3, 0.4) is 0 Å². The Labute approximate surface area is 192 Å². The molecule has 10 heteroatoms. The van der Waals surface area contributed by atoms with Crippen molar-refractivity contribution in [2.75, 3.05) is 57.7 Å². The van der Waals surface area contributed by atoms with Crippen LogP contribution in [0.4, 0.5) is 17.5 Å². The minimum absolute atomic E-state index is 0.0395. The molecule has 1 unspecified atom stereocenters. The summed E-state index contributed by atoms with van der Waals surface area (Å²) in [5.41, 5.74) is 1.93. The number of anilines is 3. The Morgan fingerprint density at radius 1 is 1.24 bits per heavy atom. The number of carbonyl (C=O) groups is 1. The predicted molar refractivity (Wildman–Crippen MR) is 126 cm³/mol. The number of methoxy groups -OCH3 is 2. The van der Waals surface area contributed by atoms with E-state index in [9.17, 15) is 4.79 Å². The number of nitrogens with zero attached hydrogens (tertiary/aromatic N) is 3. The molecular formula is C23H30N6O4. The van der Waals surface area contributed by atoms with E-state index in [0.717, 1.165) is 11.8 Å². The fourth-order valence-corrected chi connectivity index (χ4v) is 3.73. The molecule has 0 aliphatic carbocycles. The molecule has 4 rings (SSSR count). The third kappa shape index (κ3) is 5.18. The highest BCUT2D eigenvalue weighted by Gasteiger charge is 2.20. The highest BCUT2D eigenvalue weighted by molar-refractivity contribution is 5.95. The normalized spacial score (nSPS) is 14.8. The average Bonchev–Trinajstić information content (AvgIpc) is 3.34. The molecule has 0 radical (unpaired) electrons. The number of morpholine rings is 1. The van der Waals surface area contributed by atoms with Gasteiger partial charge in [-0.25, -0.2) is 0 Å². The molecule has 1 aromatic carbocycles. The third-order valence-electron chi connectivity index (χ3n) is 5.69. The molecule has 0 spiro atoms. The monoisotopic (exact) mass is 454 g/mol. The molecule has 10 nitrogen and oxygen atoms in total. The minimum Gasteiger partial charge on any atom is -0.495 e. The maximum absolute atomic E-state index is 12.8. The van der Waals surface area contributed by atoms with Gasteiger partial charge in [-0.2, -0.15) is 9.97 Å². The van der Waals surface area contributed by atoms with Crippen molar-refractivity contribution in [3.8, 4) is 5.75 Å². The number of fused-ring (bicyclic) bond motifs is 1. The molecule has 3 aromatic rings. The Balaban J connectivity index is 1.56. The fraction of sp³-hybridized carbons (Fsp3) is 0.435. The van der Waals surface area contributed by atoms with Crippen molar-refractivity contribution in [3.05, 3.63) is 36.0 Å². The Morgan fingerprint density at radius 2 is 2.06 bits per heavy atom. The smallest absolute Gasteiger partial charge is 0.254 e. The highest BCUT2D eigenvalue weighted by atomic mass is 16.5. The molecule has 3 N–H and O–H groups in total. The lowest BCUT2D eigenvalue weighted by atomic mass is 10.1. The van der Waals surface area contributed by atoms with Gasteiger partial charge in [-0.15, -0.1) is 0 Å². The van der Waals surface area contributed by atoms with E-state index in [1.807, 2.05) is 12.3 Å². The van der Waals surface area contributed by atoms with E-state index in [-0.39, 0.29) is 12.0 Å². The minimum atomic E-state index is -0.0395. The van der Waals surface area contributed by atoms with Crippen LogP contribution < -0.4 is 15.4 Å². The van der Waals surface area contributed by atoms with Crippen LogP contribution >= 0.6 is 0 Å². The van der Waals surface area contributed by atoms with Crippen molar-refractivity contribution in [1.82, 2.24) is 19.9 Å². The number of aromatic amines is 1. The van der Waals surface area contributed by atoms with Gasteiger partial charge in [-0.3, -0.25) is 4.79 Å². The van der Waals surface area contributed by atoms with Crippen molar-refractivity contribution < 1.29 is 19.0 Å². The zero-order chi connectivity index (χ0) is 23.2. The molecule has 1 aliphatic heterocycles. The van der Waals surface area contributed by atoms with Crippen molar-refractivity contribution in [3.63, 3.8) is 0 Å². The first-order valence-electron chi connectivity index (χ1n) is 11.1. The Hall–Kier alpha value is -3.37. The Bertz CT molecular complexity index is 1090. The zero-order valence-corrected chi connectivity index (χ0v) is 19.2. The number of H-pyrrole nitrogens is 1. The van der Waals surface area contributed by atoms with Crippen LogP contribution in [0.1, 0.15) is 23.7 Å². The molecule has 176 valence electrons. The van der Waals surface area contributed by atoms with E-state index >= 15 is 0 Å². The van der Waals surface area contributed by atoms with Gasteiger partial charge in [-0.05, 0) is 30.7 Å². The van der Waals surface area contributed by atoms with Crippen LogP contribution in [-0.2, 0) is 9.47 Å². The average molecular weight is 455 g/mol. The topological polar surface area (TPSA) is 114 Å². The van der Waals surface area contributed by atoms with Gasteiger partial charge in [0.05, 0.1) is 37.5 Å². The molecule has 2 aromatic heterocycles. The van der Waals surface area contributed by atoms with Crippen molar-refractivity contribution in [2.45, 2.75) is 19.4 Å². The first kappa shape index (κ1) is 22.8. The van der Waals surface area contributed by atoms with Gasteiger partial charge < -0.3 is 34.7 Å². The van der Waals surface area contributed by atoms with Crippen LogP contribution in [0.25, 0.3) is 11.0 Å². The molecule has 3 heterocycles. The second-order valence-electron chi connectivity index (χ2n) is 7.73. The predicted octanol–water partition coefficient (Wildman–Crippen LogP) is 3.02. The molecule has 1 saturated heterocycles. The van der Waals surface area contributed by atoms with E-state index in [1.54, 1.807) is 37.3 Å². The molecule has 1 atom stereocenters. The number of hydrogen-bond donors (Lipinski definition) is 3. The van der Waals surface area contributed by atoms with Crippen LogP contribution in [0.15, 0.2) is 30.5 Å². The van der Waals surface area contributed by atoms with E-state index in [1.165, 1.54) is 0 Å². The number of hydrogen-bond acceptors (Lipinski definition) is 8. The van der Waals surface area contributed by atoms with Crippen LogP contribution in [-0.4, -0.2) is 78.9 Å². The molecule has 0 saturated carbocycles. The maximum atomic E-state index is 12.8. The van der Waals surface area contributed by atoms with E-state index in [2.05, 4.69) is 32.5 Å². The summed E-state index contributed by atoms with van der Waals surface area (Å²) in [6.45, 7) is 4.99. The number of aromatic nitrogens is 3. The second-order valence-corrected chi connectivity index (χ2v) is 7.73. The molecule has 1 amide bonds. The van der Waals surface area contributed by atoms with Gasteiger partial charge >= 0.3 is 0 Å². The van der Waals surface area contributed by atoms with E-state index in [4.69, 9.17) is 14.2 Å². The molecule has 33 heavy (non-hydrogen) atoms. The van der Waals surface area contributed by atoms with Gasteiger partial charge in [0.15, 0.2) is 0 Å². The van der Waals surface area contributed by atoms with Crippen LogP contribution in [0.5, 0.6) is 5.75 Å². The number of ether oxygens (including phenoxy) is 3. The molecule has 0 bridgehead atoms. The standard InChI is InChI=1S/C23H30N6O4/c1-4-16(31-2)14-25-21-17-7-8-24-20(17)27-23(28-21)26-18-6-5-15(13-19(18)32-3)22(30)29-9-11-33-12-10-29/h5-8,13,16H,4,9-12,14H2,1-3H3,(H3,24,25,26,27,28). The Kier molecular flexibility index (Phi) is 7.26. The van der Waals surface area contributed by atoms with Gasteiger partial charge in [0, 0.05) is 38.5 Å². The van der Waals surface area contributed by atoms with E-state index < -0.39 is 0 Å². The molecule has 1 aliphatic rings. The molecular weight excluding hydrogens is 424 g/mol. The number of amides is 1. The summed E-state index contributed by atoms with van der Waals surface area (Å²) in [5.74, 6) is 1.60. The summed E-state index contributed by atoms with van der Waals surface area (Å²) in [6, 6.07) is 7.25. The van der Waals surface area contributed by atoms with Crippen molar-refractivity contribution in [1.29, 1.82) is 0 Å². The first-order valence-corrected chi connectivity index (χ1v) is 11.1. The number of nitrogens with one attached hydrogen (secondary N) is 3. The first-order chi connectivity index (χ1) is 16.1. The maximum Gasteiger partial charge on any atom is 0.254 e. The van der Waals surface area contributed by atoms with Crippen molar-refractivity contribution >= 4 is 34.4 Å². The summed E-state index contributed by atoms with van der Waals surface area (Å²) >= 11 is 0. The van der Waals surface area contributed by atoms with Gasteiger partial charge in [0.1, 0.15) is 17.2 Å². The SMILES string of the molecule is CCC(CNc1nc(Nc2ccc(C(=O)N3CCOCC3)cc2OC)nc2[nH]ccc12)OC. The lowest BCUT2D eigenvalue weighted by Crippen LogP contribution is -2.40. The number of rotatable bonds is 9. The summed E-state index contributed by atoms with van der Waals surface area (Å²) in [6.07, 6.45) is 2.80. The summed E-state index contributed by atoms with van der Waals surface area (Å²) in [5, 5.41) is 7.48. The fourth-order valence-electron chi connectivity index (χ4n) is 3.73. The van der Waals surface area contributed by atoms with Gasteiger partial charge in [0.2, 0.25) is 5.95 Å². The summed E-state index contributed by atoms with van der Waals surface area (Å²) in [4.78, 5) is 27.0. The van der Waals surface area contributed by atoms with Crippen LogP contribution in [0, 0.1) is 0 Å². The third-order valence-corrected chi connectivity index (χ3v) is 5.69. The van der Waals surface area contributed by atoms with Crippen molar-refractivity contribution in [2.24, 2.45) is 0 Å². The summed E-state index contributed by atoms with van der Waals surface area (Å²) in [7, 11) is 3.27. The summed E-state index contributed by atoms with van der Waals surface area (Å²) < 4.78 is 16.4. The zero-order valence-electron chi connectivity index (χ0n) is 19.2. The largest absolute Gasteiger partial charge is 0.495 e. The van der Waals surface area contributed by atoms with Crippen LogP contribution in [0.2, 0.25) is 0 Å². The number of carbonyl (C=O) groups excluding carboxylic acids is 1. The molecule has 1 fully saturated rings. The number of benzene rings is 1. The quantitative estimate of drug-likeness (QED) is 0.452. The van der Waals surface area contributed by atoms with E-state index in [0.29, 0.717) is 67.3 Å². The van der Waals surface area contributed by atoms with Gasteiger partial charge in [0.25, 0.3) is 5.91 Å². The highest BCUT2D eigenvalue weighted by Crippen LogP contribution is 2.30. The van der Waals surface area contributed by atoms with Gasteiger partial charge in [-0.1, -0.05) is 6.92 Å².